The summed E-state index contributed by atoms with van der Waals surface area (Å²) in [5, 5.41) is 0. The van der Waals surface area contributed by atoms with E-state index >= 15 is 0 Å². The highest BCUT2D eigenvalue weighted by Gasteiger charge is 2.23. The van der Waals surface area contributed by atoms with Crippen LogP contribution in [0.2, 0.25) is 0 Å². The third-order valence-corrected chi connectivity index (χ3v) is 2.44. The fourth-order valence-electron chi connectivity index (χ4n) is 0.969. The van der Waals surface area contributed by atoms with Gasteiger partial charge in [0.2, 0.25) is 0 Å². The summed E-state index contributed by atoms with van der Waals surface area (Å²) in [6.45, 7) is 8.54. The van der Waals surface area contributed by atoms with Crippen LogP contribution in [0.3, 0.4) is 0 Å². The first-order valence-electron chi connectivity index (χ1n) is 4.79. The van der Waals surface area contributed by atoms with Crippen LogP contribution in [0.1, 0.15) is 40.5 Å². The predicted octanol–water partition coefficient (Wildman–Crippen LogP) is 2.49. The van der Waals surface area contributed by atoms with E-state index in [0.717, 1.165) is 12.8 Å². The van der Waals surface area contributed by atoms with Gasteiger partial charge in [-0.05, 0) is 40.8 Å². The normalized spacial score (nSPS) is 13.0. The lowest BCUT2D eigenvalue weighted by Gasteiger charge is -2.35. The van der Waals surface area contributed by atoms with Crippen LogP contribution >= 0.6 is 0 Å². The Morgan fingerprint density at radius 1 is 1.17 bits per heavy atom. The third-order valence-electron chi connectivity index (χ3n) is 2.44. The molecule has 2 heteroatoms. The molecule has 0 aliphatic rings. The van der Waals surface area contributed by atoms with Gasteiger partial charge in [0.15, 0.2) is 0 Å². The van der Waals surface area contributed by atoms with Gasteiger partial charge in [-0.1, -0.05) is 13.8 Å². The van der Waals surface area contributed by atoms with Crippen LogP contribution in [-0.2, 0) is 4.74 Å². The van der Waals surface area contributed by atoms with Gasteiger partial charge in [0.1, 0.15) is 5.72 Å². The van der Waals surface area contributed by atoms with Gasteiger partial charge in [-0.2, -0.15) is 0 Å². The van der Waals surface area contributed by atoms with E-state index in [-0.39, 0.29) is 5.72 Å². The Morgan fingerprint density at radius 2 is 1.58 bits per heavy atom. The minimum Gasteiger partial charge on any atom is -0.358 e. The Hall–Kier alpha value is -0.0800. The number of hydrogen-bond acceptors (Lipinski definition) is 2. The van der Waals surface area contributed by atoms with E-state index in [9.17, 15) is 0 Å². The Bertz CT molecular complexity index is 117. The number of hydrogen-bond donors (Lipinski definition) is 0. The van der Waals surface area contributed by atoms with Crippen molar-refractivity contribution in [2.24, 2.45) is 0 Å². The van der Waals surface area contributed by atoms with Crippen molar-refractivity contribution in [2.75, 3.05) is 14.1 Å². The van der Waals surface area contributed by atoms with Gasteiger partial charge in [-0.25, -0.2) is 0 Å². The van der Waals surface area contributed by atoms with Gasteiger partial charge >= 0.3 is 0 Å². The van der Waals surface area contributed by atoms with E-state index in [1.165, 1.54) is 0 Å². The summed E-state index contributed by atoms with van der Waals surface area (Å²) in [5.74, 6) is 0. The first-order valence-corrected chi connectivity index (χ1v) is 4.79. The molecule has 0 aromatic rings. The van der Waals surface area contributed by atoms with Crippen molar-refractivity contribution in [3.8, 4) is 0 Å². The molecule has 0 atom stereocenters. The van der Waals surface area contributed by atoms with Crippen molar-refractivity contribution < 1.29 is 4.74 Å². The highest BCUT2D eigenvalue weighted by atomic mass is 16.5. The van der Waals surface area contributed by atoms with Crippen molar-refractivity contribution in [2.45, 2.75) is 52.4 Å². The molecule has 0 N–H and O–H groups in total. The molecule has 0 saturated carbocycles. The summed E-state index contributed by atoms with van der Waals surface area (Å²) in [5.41, 5.74) is -0.142. The van der Waals surface area contributed by atoms with Crippen molar-refractivity contribution in [3.63, 3.8) is 0 Å². The minimum absolute atomic E-state index is 0.142. The average Bonchev–Trinajstić information content (AvgIpc) is 2.00. The summed E-state index contributed by atoms with van der Waals surface area (Å²) in [6.07, 6.45) is 2.57. The molecule has 0 aromatic heterocycles. The molecule has 74 valence electrons. The van der Waals surface area contributed by atoms with E-state index in [2.05, 4.69) is 32.6 Å². The molecule has 0 fully saturated rings. The van der Waals surface area contributed by atoms with Crippen LogP contribution in [0, 0.1) is 0 Å². The van der Waals surface area contributed by atoms with E-state index in [1.807, 2.05) is 14.1 Å². The molecule has 0 spiro atoms. The smallest absolute Gasteiger partial charge is 0.115 e. The lowest BCUT2D eigenvalue weighted by molar-refractivity contribution is -0.149. The Kier molecular flexibility index (Phi) is 4.80. The molecule has 0 heterocycles. The highest BCUT2D eigenvalue weighted by molar-refractivity contribution is 4.67. The standard InChI is InChI=1S/C10H23NO/c1-7-9(8-2)12-10(3,4)11(5)6/h9H,7-8H2,1-6H3. The zero-order chi connectivity index (χ0) is 9.78. The second-order valence-electron chi connectivity index (χ2n) is 3.90. The number of nitrogens with zero attached hydrogens (tertiary/aromatic N) is 1. The van der Waals surface area contributed by atoms with Crippen LogP contribution in [0.25, 0.3) is 0 Å². The topological polar surface area (TPSA) is 12.5 Å². The van der Waals surface area contributed by atoms with Gasteiger partial charge in [-0.3, -0.25) is 4.90 Å². The van der Waals surface area contributed by atoms with E-state index < -0.39 is 0 Å². The summed E-state index contributed by atoms with van der Waals surface area (Å²) in [6, 6.07) is 0. The number of ether oxygens (including phenoxy) is 1. The fraction of sp³-hybridized carbons (Fsp3) is 1.00. The van der Waals surface area contributed by atoms with Gasteiger partial charge < -0.3 is 4.74 Å². The van der Waals surface area contributed by atoms with Crippen LogP contribution < -0.4 is 0 Å². The molecule has 2 nitrogen and oxygen atoms in total. The fourth-order valence-corrected chi connectivity index (χ4v) is 0.969. The SMILES string of the molecule is CCC(CC)OC(C)(C)N(C)C. The molecule has 0 unspecified atom stereocenters. The first-order chi connectivity index (χ1) is 5.44. The minimum atomic E-state index is -0.142. The molecule has 0 radical (unpaired) electrons. The summed E-state index contributed by atoms with van der Waals surface area (Å²) in [4.78, 5) is 2.10. The third kappa shape index (κ3) is 3.55. The molecule has 0 aromatic carbocycles. The molecule has 0 saturated heterocycles. The van der Waals surface area contributed by atoms with Crippen molar-refractivity contribution in [1.29, 1.82) is 0 Å². The Labute approximate surface area is 76.9 Å². The number of rotatable bonds is 5. The monoisotopic (exact) mass is 173 g/mol. The van der Waals surface area contributed by atoms with Gasteiger partial charge in [0.05, 0.1) is 6.10 Å². The molecule has 0 aliphatic carbocycles. The van der Waals surface area contributed by atoms with E-state index in [0.29, 0.717) is 6.10 Å². The molecule has 12 heavy (non-hydrogen) atoms. The van der Waals surface area contributed by atoms with Crippen LogP contribution in [0.4, 0.5) is 0 Å². The molecule has 0 bridgehead atoms. The van der Waals surface area contributed by atoms with E-state index in [1.54, 1.807) is 0 Å². The lowest BCUT2D eigenvalue weighted by atomic mass is 10.2. The van der Waals surface area contributed by atoms with Crippen LogP contribution in [0.5, 0.6) is 0 Å². The van der Waals surface area contributed by atoms with Crippen molar-refractivity contribution >= 4 is 0 Å². The van der Waals surface area contributed by atoms with Gasteiger partial charge in [-0.15, -0.1) is 0 Å². The molecular formula is C10H23NO. The maximum absolute atomic E-state index is 5.92. The summed E-state index contributed by atoms with van der Waals surface area (Å²) in [7, 11) is 4.09. The maximum atomic E-state index is 5.92. The van der Waals surface area contributed by atoms with Crippen molar-refractivity contribution in [1.82, 2.24) is 4.90 Å². The quantitative estimate of drug-likeness (QED) is 0.592. The highest BCUT2D eigenvalue weighted by Crippen LogP contribution is 2.17. The summed E-state index contributed by atoms with van der Waals surface area (Å²) >= 11 is 0. The molecule has 0 rings (SSSR count). The second-order valence-corrected chi connectivity index (χ2v) is 3.90. The Morgan fingerprint density at radius 3 is 1.83 bits per heavy atom. The molecular weight excluding hydrogens is 150 g/mol. The second kappa shape index (κ2) is 4.83. The summed E-state index contributed by atoms with van der Waals surface area (Å²) < 4.78 is 5.92. The largest absolute Gasteiger partial charge is 0.358 e. The zero-order valence-electron chi connectivity index (χ0n) is 9.35. The maximum Gasteiger partial charge on any atom is 0.115 e. The van der Waals surface area contributed by atoms with Crippen molar-refractivity contribution in [3.05, 3.63) is 0 Å². The van der Waals surface area contributed by atoms with Crippen LogP contribution in [-0.4, -0.2) is 30.8 Å². The zero-order valence-corrected chi connectivity index (χ0v) is 9.35. The Balaban J connectivity index is 4.02. The van der Waals surface area contributed by atoms with Crippen LogP contribution in [0.15, 0.2) is 0 Å². The molecule has 0 amide bonds. The molecule has 0 aliphatic heterocycles. The first kappa shape index (κ1) is 11.9. The van der Waals surface area contributed by atoms with Gasteiger partial charge in [0.25, 0.3) is 0 Å². The van der Waals surface area contributed by atoms with Gasteiger partial charge in [0, 0.05) is 0 Å². The lowest BCUT2D eigenvalue weighted by Crippen LogP contribution is -2.43. The predicted molar refractivity (Wildman–Crippen MR) is 53.2 cm³/mol. The average molecular weight is 173 g/mol. The van der Waals surface area contributed by atoms with E-state index in [4.69, 9.17) is 4.74 Å².